The van der Waals surface area contributed by atoms with Gasteiger partial charge in [-0.1, -0.05) is 181 Å². The molecule has 0 aromatic carbocycles. The van der Waals surface area contributed by atoms with Crippen LogP contribution in [-0.4, -0.2) is 193 Å². The quantitative estimate of drug-likeness (QED) is 0.0223. The lowest BCUT2D eigenvalue weighted by Crippen LogP contribution is -2.66. The van der Waals surface area contributed by atoms with Crippen LogP contribution >= 0.6 is 0 Å². The van der Waals surface area contributed by atoms with Gasteiger partial charge < -0.3 is 89.9 Å². The number of hydrogen-bond acceptors (Lipinski definition) is 18. The molecule has 0 spiro atoms. The van der Waals surface area contributed by atoms with E-state index in [0.717, 1.165) is 96.3 Å². The van der Waals surface area contributed by atoms with Crippen LogP contribution in [0.1, 0.15) is 168 Å². The third kappa shape index (κ3) is 30.5. The van der Waals surface area contributed by atoms with E-state index in [9.17, 15) is 61.0 Å². The summed E-state index contributed by atoms with van der Waals surface area (Å²) in [4.78, 5) is 13.3. The summed E-state index contributed by atoms with van der Waals surface area (Å²) in [5, 5.41) is 120. The van der Waals surface area contributed by atoms with E-state index >= 15 is 0 Å². The zero-order chi connectivity index (χ0) is 61.9. The Balaban J connectivity index is 1.46. The molecule has 486 valence electrons. The largest absolute Gasteiger partial charge is 0.394 e. The summed E-state index contributed by atoms with van der Waals surface area (Å²) in [6, 6.07) is -1.01. The molecule has 17 unspecified atom stereocenters. The first kappa shape index (κ1) is 75.7. The van der Waals surface area contributed by atoms with E-state index in [1.807, 2.05) is 6.08 Å². The number of hydrogen-bond donors (Lipinski definition) is 12. The third-order valence-corrected chi connectivity index (χ3v) is 15.1. The topological polar surface area (TPSA) is 307 Å². The molecule has 3 rings (SSSR count). The minimum Gasteiger partial charge on any atom is -0.394 e. The highest BCUT2D eigenvalue weighted by Crippen LogP contribution is 2.33. The second-order valence-electron chi connectivity index (χ2n) is 22.1. The summed E-state index contributed by atoms with van der Waals surface area (Å²) < 4.78 is 34.2. The van der Waals surface area contributed by atoms with Crippen LogP contribution in [0.3, 0.4) is 0 Å². The maximum absolute atomic E-state index is 13.3. The van der Waals surface area contributed by atoms with E-state index in [-0.39, 0.29) is 18.9 Å². The number of ether oxygens (including phenoxy) is 6. The lowest BCUT2D eigenvalue weighted by Gasteiger charge is -2.48. The van der Waals surface area contributed by atoms with Gasteiger partial charge in [0, 0.05) is 6.42 Å². The first-order chi connectivity index (χ1) is 41.3. The number of carbonyl (C=O) groups is 1. The zero-order valence-electron chi connectivity index (χ0n) is 50.8. The first-order valence-electron chi connectivity index (χ1n) is 31.6. The second kappa shape index (κ2) is 47.5. The van der Waals surface area contributed by atoms with Crippen molar-refractivity contribution in [3.8, 4) is 0 Å². The number of carbonyl (C=O) groups excluding carboxylic acids is 1. The Labute approximate surface area is 506 Å². The fraction of sp³-hybridized carbons (Fsp3) is 0.712. The van der Waals surface area contributed by atoms with E-state index in [1.54, 1.807) is 6.08 Å². The lowest BCUT2D eigenvalue weighted by atomic mass is 9.96. The summed E-state index contributed by atoms with van der Waals surface area (Å²) in [5.41, 5.74) is 0. The third-order valence-electron chi connectivity index (χ3n) is 15.1. The fourth-order valence-corrected chi connectivity index (χ4v) is 9.89. The van der Waals surface area contributed by atoms with Gasteiger partial charge in [-0.2, -0.15) is 0 Å². The van der Waals surface area contributed by atoms with Crippen LogP contribution in [0.25, 0.3) is 0 Å². The Morgan fingerprint density at radius 3 is 1.32 bits per heavy atom. The van der Waals surface area contributed by atoms with Gasteiger partial charge in [0.1, 0.15) is 73.2 Å². The molecule has 3 aliphatic rings. The number of allylic oxidation sites excluding steroid dienone is 17. The van der Waals surface area contributed by atoms with E-state index in [0.29, 0.717) is 12.8 Å². The van der Waals surface area contributed by atoms with Gasteiger partial charge in [0.2, 0.25) is 5.91 Å². The fourth-order valence-electron chi connectivity index (χ4n) is 9.89. The summed E-state index contributed by atoms with van der Waals surface area (Å²) in [7, 11) is 0. The Bertz CT molecular complexity index is 1970. The molecule has 3 aliphatic heterocycles. The van der Waals surface area contributed by atoms with Crippen LogP contribution in [0.5, 0.6) is 0 Å². The van der Waals surface area contributed by atoms with Gasteiger partial charge in [-0.15, -0.1) is 0 Å². The van der Waals surface area contributed by atoms with Crippen molar-refractivity contribution in [1.82, 2.24) is 5.32 Å². The average molecular weight is 1200 g/mol. The molecule has 12 N–H and O–H groups in total. The van der Waals surface area contributed by atoms with E-state index in [1.165, 1.54) is 38.5 Å². The maximum Gasteiger partial charge on any atom is 0.220 e. The van der Waals surface area contributed by atoms with Crippen molar-refractivity contribution in [3.63, 3.8) is 0 Å². The minimum atomic E-state index is -1.99. The molecule has 0 aliphatic carbocycles. The lowest BCUT2D eigenvalue weighted by molar-refractivity contribution is -0.379. The number of amides is 1. The molecule has 19 heteroatoms. The van der Waals surface area contributed by atoms with Gasteiger partial charge in [-0.05, 0) is 89.9 Å². The highest BCUT2D eigenvalue weighted by atomic mass is 16.8. The van der Waals surface area contributed by atoms with Gasteiger partial charge >= 0.3 is 0 Å². The highest BCUT2D eigenvalue weighted by Gasteiger charge is 2.53. The molecule has 0 radical (unpaired) electrons. The van der Waals surface area contributed by atoms with Crippen LogP contribution < -0.4 is 5.32 Å². The molecule has 0 bridgehead atoms. The molecular formula is C66H109NO18. The molecule has 0 saturated carbocycles. The molecule has 3 fully saturated rings. The molecule has 17 atom stereocenters. The Hall–Kier alpha value is -3.55. The SMILES string of the molecule is CC/C=C\C/C=C\C/C=C\C/C=C\C/C=C\C/C=C\C/C=C\CCCCCCCC(=O)NC(COC1OC(CO)C(OC2OC(CO)C(OC3OC(CO)C(O)C(O)C3O)C(O)C2O)C(O)C1O)C(O)/C=C/CC/C=C/CCCCCCCCC. The van der Waals surface area contributed by atoms with Crippen LogP contribution in [0.4, 0.5) is 0 Å². The summed E-state index contributed by atoms with van der Waals surface area (Å²) in [5.74, 6) is -0.311. The summed E-state index contributed by atoms with van der Waals surface area (Å²) in [6.07, 6.45) is 35.0. The Morgan fingerprint density at radius 1 is 0.435 bits per heavy atom. The van der Waals surface area contributed by atoms with E-state index in [4.69, 9.17) is 28.4 Å². The van der Waals surface area contributed by atoms with Crippen molar-refractivity contribution in [3.05, 3.63) is 109 Å². The number of nitrogens with one attached hydrogen (secondary N) is 1. The van der Waals surface area contributed by atoms with Gasteiger partial charge in [0.25, 0.3) is 0 Å². The van der Waals surface area contributed by atoms with Crippen LogP contribution in [0.2, 0.25) is 0 Å². The van der Waals surface area contributed by atoms with Crippen LogP contribution in [0, 0.1) is 0 Å². The van der Waals surface area contributed by atoms with E-state index < -0.39 is 124 Å². The van der Waals surface area contributed by atoms with Crippen LogP contribution in [-0.2, 0) is 33.2 Å². The van der Waals surface area contributed by atoms with Gasteiger partial charge in [-0.25, -0.2) is 0 Å². The summed E-state index contributed by atoms with van der Waals surface area (Å²) >= 11 is 0. The van der Waals surface area contributed by atoms with Crippen molar-refractivity contribution in [1.29, 1.82) is 0 Å². The van der Waals surface area contributed by atoms with Gasteiger partial charge in [0.15, 0.2) is 18.9 Å². The Morgan fingerprint density at radius 2 is 0.824 bits per heavy atom. The molecule has 3 saturated heterocycles. The molecule has 19 nitrogen and oxygen atoms in total. The predicted molar refractivity (Wildman–Crippen MR) is 327 cm³/mol. The molecule has 0 aromatic rings. The highest BCUT2D eigenvalue weighted by molar-refractivity contribution is 5.76. The van der Waals surface area contributed by atoms with Gasteiger partial charge in [0.05, 0.1) is 38.6 Å². The normalized spacial score (nSPS) is 29.7. The number of rotatable bonds is 45. The molecule has 1 amide bonds. The monoisotopic (exact) mass is 1200 g/mol. The first-order valence-corrected chi connectivity index (χ1v) is 31.6. The number of unbranched alkanes of at least 4 members (excludes halogenated alkanes) is 13. The predicted octanol–water partition coefficient (Wildman–Crippen LogP) is 6.71. The molecule has 85 heavy (non-hydrogen) atoms. The van der Waals surface area contributed by atoms with Crippen molar-refractivity contribution in [2.24, 2.45) is 0 Å². The standard InChI is InChI=1S/C66H109NO18/c1-3-5-7-9-11-13-15-17-18-19-20-21-22-23-24-25-26-27-28-29-30-32-34-36-38-40-42-44-54(72)67-49(50(71)43-41-39-37-35-33-31-16-14-12-10-8-6-4-2)48-80-64-60(78)57(75)62(52(46-69)82-64)85-66-61(79)58(76)63(53(47-70)83-66)84-65-59(77)56(74)55(73)51(45-68)81-65/h5,7,11,13,17-18,20-21,23-24,26-27,29-30,33,35,41,43,49-53,55-66,68-71,73-79H,3-4,6,8-10,12,14-16,19,22,25,28,31-32,34,36-40,42,44-48H2,1-2H3,(H,67,72)/b7-5-,13-11-,18-17-,21-20-,24-23-,27-26-,30-29-,35-33+,43-41+. The number of aliphatic hydroxyl groups excluding tert-OH is 11. The van der Waals surface area contributed by atoms with Crippen molar-refractivity contribution >= 4 is 5.91 Å². The molecular weight excluding hydrogens is 1090 g/mol. The van der Waals surface area contributed by atoms with Gasteiger partial charge in [-0.3, -0.25) is 4.79 Å². The van der Waals surface area contributed by atoms with Crippen molar-refractivity contribution in [2.75, 3.05) is 26.4 Å². The van der Waals surface area contributed by atoms with Crippen LogP contribution in [0.15, 0.2) is 109 Å². The average Bonchev–Trinajstić information content (AvgIpc) is 2.72. The minimum absolute atomic E-state index is 0.205. The smallest absolute Gasteiger partial charge is 0.220 e. The maximum atomic E-state index is 13.3. The van der Waals surface area contributed by atoms with Crippen molar-refractivity contribution in [2.45, 2.75) is 272 Å². The Kier molecular flexibility index (Phi) is 42.3. The zero-order valence-corrected chi connectivity index (χ0v) is 50.8. The van der Waals surface area contributed by atoms with Crippen molar-refractivity contribution < 1.29 is 89.4 Å². The molecule has 3 heterocycles. The van der Waals surface area contributed by atoms with E-state index in [2.05, 4.69) is 116 Å². The summed E-state index contributed by atoms with van der Waals surface area (Å²) in [6.45, 7) is 1.53. The second-order valence-corrected chi connectivity index (χ2v) is 22.1. The number of aliphatic hydroxyl groups is 11. The molecule has 0 aromatic heterocycles.